The van der Waals surface area contributed by atoms with Crippen LogP contribution in [0.2, 0.25) is 0 Å². The van der Waals surface area contributed by atoms with Gasteiger partial charge in [-0.05, 0) is 0 Å². The third kappa shape index (κ3) is 7.36. The molecule has 0 saturated heterocycles. The molecule has 0 radical (unpaired) electrons. The molecule has 1 N–H and O–H groups in total. The number of carboxylic acids is 1. The Hall–Kier alpha value is -1.29. The molecule has 0 aliphatic heterocycles. The number of nitrogens with zero attached hydrogens (tertiary/aromatic N) is 2. The van der Waals surface area contributed by atoms with Gasteiger partial charge in [-0.3, -0.25) is 9.69 Å². The lowest BCUT2D eigenvalue weighted by Gasteiger charge is -2.20. The summed E-state index contributed by atoms with van der Waals surface area (Å²) in [5.74, 6) is -1.34. The van der Waals surface area contributed by atoms with Gasteiger partial charge in [0.1, 0.15) is 0 Å². The van der Waals surface area contributed by atoms with Crippen LogP contribution in [0.4, 0.5) is 13.2 Å². The molecular formula is C7H9F3N2O2. The standard InChI is InChI=1S/C7H9F3N2O2/c8-7(9,10)5-12(3-1-2-11)4-6(13)14/h1,3-5H2,(H,13,14). The van der Waals surface area contributed by atoms with Gasteiger partial charge < -0.3 is 5.11 Å². The van der Waals surface area contributed by atoms with Gasteiger partial charge in [0.25, 0.3) is 0 Å². The van der Waals surface area contributed by atoms with Gasteiger partial charge >= 0.3 is 12.1 Å². The minimum absolute atomic E-state index is 0.122. The van der Waals surface area contributed by atoms with Crippen LogP contribution in [0.15, 0.2) is 0 Å². The Balaban J connectivity index is 4.11. The predicted molar refractivity (Wildman–Crippen MR) is 40.4 cm³/mol. The molecule has 0 rings (SSSR count). The molecule has 14 heavy (non-hydrogen) atoms. The van der Waals surface area contributed by atoms with Crippen molar-refractivity contribution in [1.82, 2.24) is 4.90 Å². The number of aliphatic carboxylic acids is 1. The molecule has 0 heterocycles. The molecule has 4 nitrogen and oxygen atoms in total. The van der Waals surface area contributed by atoms with Crippen LogP contribution >= 0.6 is 0 Å². The zero-order valence-corrected chi connectivity index (χ0v) is 7.21. The summed E-state index contributed by atoms with van der Waals surface area (Å²) < 4.78 is 35.6. The minimum Gasteiger partial charge on any atom is -0.480 e. The van der Waals surface area contributed by atoms with Gasteiger partial charge in [-0.15, -0.1) is 0 Å². The monoisotopic (exact) mass is 210 g/mol. The van der Waals surface area contributed by atoms with Gasteiger partial charge in [0.15, 0.2) is 0 Å². The first kappa shape index (κ1) is 12.7. The van der Waals surface area contributed by atoms with Crippen LogP contribution in [0.1, 0.15) is 6.42 Å². The maximum absolute atomic E-state index is 11.9. The van der Waals surface area contributed by atoms with E-state index < -0.39 is 25.2 Å². The fourth-order valence-corrected chi connectivity index (χ4v) is 0.867. The molecule has 0 aliphatic carbocycles. The Labute approximate surface area is 78.5 Å². The quantitative estimate of drug-likeness (QED) is 0.730. The lowest BCUT2D eigenvalue weighted by atomic mass is 10.4. The molecule has 0 spiro atoms. The van der Waals surface area contributed by atoms with Gasteiger partial charge in [0.05, 0.1) is 19.2 Å². The van der Waals surface area contributed by atoms with Gasteiger partial charge in [-0.2, -0.15) is 18.4 Å². The maximum atomic E-state index is 11.9. The van der Waals surface area contributed by atoms with Gasteiger partial charge in [-0.25, -0.2) is 0 Å². The Morgan fingerprint density at radius 2 is 2.07 bits per heavy atom. The maximum Gasteiger partial charge on any atom is 0.401 e. The van der Waals surface area contributed by atoms with Crippen LogP contribution in [0.25, 0.3) is 0 Å². The van der Waals surface area contributed by atoms with Crippen molar-refractivity contribution in [2.75, 3.05) is 19.6 Å². The van der Waals surface area contributed by atoms with Gasteiger partial charge in [-0.1, -0.05) is 0 Å². The number of carbonyl (C=O) groups is 1. The highest BCUT2D eigenvalue weighted by Gasteiger charge is 2.31. The van der Waals surface area contributed by atoms with Crippen molar-refractivity contribution < 1.29 is 23.1 Å². The summed E-state index contributed by atoms with van der Waals surface area (Å²) in [6.45, 7) is -2.20. The van der Waals surface area contributed by atoms with Crippen LogP contribution < -0.4 is 0 Å². The molecule has 7 heteroatoms. The zero-order valence-electron chi connectivity index (χ0n) is 7.21. The molecule has 0 amide bonds. The second-order valence-electron chi connectivity index (χ2n) is 2.63. The van der Waals surface area contributed by atoms with Crippen LogP contribution in [0.5, 0.6) is 0 Å². The number of halogens is 3. The number of nitriles is 1. The Morgan fingerprint density at radius 3 is 2.43 bits per heavy atom. The van der Waals surface area contributed by atoms with Crippen molar-refractivity contribution in [2.45, 2.75) is 12.6 Å². The largest absolute Gasteiger partial charge is 0.480 e. The molecule has 0 unspecified atom stereocenters. The molecule has 80 valence electrons. The first-order valence-corrected chi connectivity index (χ1v) is 3.73. The minimum atomic E-state index is -4.44. The molecule has 0 atom stereocenters. The van der Waals surface area contributed by atoms with E-state index in [-0.39, 0.29) is 13.0 Å². The number of hydrogen-bond donors (Lipinski definition) is 1. The van der Waals surface area contributed by atoms with E-state index in [0.29, 0.717) is 4.90 Å². The first-order chi connectivity index (χ1) is 6.35. The second-order valence-corrected chi connectivity index (χ2v) is 2.63. The van der Waals surface area contributed by atoms with E-state index >= 15 is 0 Å². The van der Waals surface area contributed by atoms with E-state index in [4.69, 9.17) is 10.4 Å². The Kier molecular flexibility index (Phi) is 4.94. The predicted octanol–water partition coefficient (Wildman–Crippen LogP) is 0.849. The van der Waals surface area contributed by atoms with Crippen LogP contribution in [0, 0.1) is 11.3 Å². The summed E-state index contributed by atoms with van der Waals surface area (Å²) in [7, 11) is 0. The highest BCUT2D eigenvalue weighted by atomic mass is 19.4. The number of alkyl halides is 3. The highest BCUT2D eigenvalue weighted by Crippen LogP contribution is 2.16. The molecule has 0 aromatic heterocycles. The van der Waals surface area contributed by atoms with Crippen LogP contribution in [0.3, 0.4) is 0 Å². The number of rotatable bonds is 5. The Bertz CT molecular complexity index is 234. The van der Waals surface area contributed by atoms with Crippen LogP contribution in [-0.4, -0.2) is 41.8 Å². The number of hydrogen-bond acceptors (Lipinski definition) is 3. The smallest absolute Gasteiger partial charge is 0.401 e. The van der Waals surface area contributed by atoms with E-state index in [9.17, 15) is 18.0 Å². The number of carboxylic acid groups (broad SMARTS) is 1. The average Bonchev–Trinajstić information content (AvgIpc) is 1.96. The average molecular weight is 210 g/mol. The van der Waals surface area contributed by atoms with Crippen LogP contribution in [-0.2, 0) is 4.79 Å². The summed E-state index contributed by atoms with van der Waals surface area (Å²) in [4.78, 5) is 10.8. The van der Waals surface area contributed by atoms with E-state index in [0.717, 1.165) is 0 Å². The molecule has 0 aromatic carbocycles. The first-order valence-electron chi connectivity index (χ1n) is 3.73. The SMILES string of the molecule is N#CCCN(CC(=O)O)CC(F)(F)F. The van der Waals surface area contributed by atoms with Crippen molar-refractivity contribution in [3.8, 4) is 6.07 Å². The molecular weight excluding hydrogens is 201 g/mol. The molecule has 0 saturated carbocycles. The summed E-state index contributed by atoms with van der Waals surface area (Å²) in [5.41, 5.74) is 0. The van der Waals surface area contributed by atoms with Gasteiger partial charge in [0, 0.05) is 13.0 Å². The zero-order chi connectivity index (χ0) is 11.2. The summed E-state index contributed by atoms with van der Waals surface area (Å²) in [6, 6.07) is 1.66. The van der Waals surface area contributed by atoms with Crippen molar-refractivity contribution in [3.63, 3.8) is 0 Å². The molecule has 0 bridgehead atoms. The molecule has 0 fully saturated rings. The highest BCUT2D eigenvalue weighted by molar-refractivity contribution is 5.69. The second kappa shape index (κ2) is 5.44. The fourth-order valence-electron chi connectivity index (χ4n) is 0.867. The van der Waals surface area contributed by atoms with Crippen molar-refractivity contribution in [3.05, 3.63) is 0 Å². The summed E-state index contributed by atoms with van der Waals surface area (Å²) in [5, 5.41) is 16.4. The van der Waals surface area contributed by atoms with Crippen molar-refractivity contribution in [1.29, 1.82) is 5.26 Å². The van der Waals surface area contributed by atoms with E-state index in [2.05, 4.69) is 0 Å². The lowest BCUT2D eigenvalue weighted by molar-refractivity contribution is -0.153. The third-order valence-electron chi connectivity index (χ3n) is 1.30. The van der Waals surface area contributed by atoms with Crippen molar-refractivity contribution >= 4 is 5.97 Å². The summed E-state index contributed by atoms with van der Waals surface area (Å²) in [6.07, 6.45) is -4.56. The fraction of sp³-hybridized carbons (Fsp3) is 0.714. The summed E-state index contributed by atoms with van der Waals surface area (Å²) >= 11 is 0. The molecule has 0 aromatic rings. The van der Waals surface area contributed by atoms with E-state index in [1.54, 1.807) is 6.07 Å². The normalized spacial score (nSPS) is 11.4. The third-order valence-corrected chi connectivity index (χ3v) is 1.30. The molecule has 0 aliphatic rings. The van der Waals surface area contributed by atoms with E-state index in [1.165, 1.54) is 0 Å². The lowest BCUT2D eigenvalue weighted by Crippen LogP contribution is -2.38. The topological polar surface area (TPSA) is 64.3 Å². The van der Waals surface area contributed by atoms with Crippen molar-refractivity contribution in [2.24, 2.45) is 0 Å². The Morgan fingerprint density at radius 1 is 1.50 bits per heavy atom. The van der Waals surface area contributed by atoms with E-state index in [1.807, 2.05) is 0 Å². The van der Waals surface area contributed by atoms with Gasteiger partial charge in [0.2, 0.25) is 0 Å².